The van der Waals surface area contributed by atoms with E-state index < -0.39 is 0 Å². The number of carbonyl (C=O) groups excluding carboxylic acids is 1. The van der Waals surface area contributed by atoms with Crippen LogP contribution in [0, 0.1) is 0 Å². The molecule has 0 radical (unpaired) electrons. The number of benzene rings is 2. The van der Waals surface area contributed by atoms with E-state index in [0.717, 1.165) is 15.6 Å². The number of Topliss-reactive ketones (excluding diaryl/α,β-unsaturated/α-hetero) is 1. The monoisotopic (exact) mass is 318 g/mol. The molecule has 0 saturated carbocycles. The lowest BCUT2D eigenvalue weighted by Gasteiger charge is -2.07. The number of ketones is 1. The Morgan fingerprint density at radius 1 is 0.947 bits per heavy atom. The van der Waals surface area contributed by atoms with Gasteiger partial charge in [0.25, 0.3) is 0 Å². The first kappa shape index (κ1) is 13.6. The SMILES string of the molecule is Nc1ccccc1CC(=O)Cc1cc(Br)ccc1N. The van der Waals surface area contributed by atoms with Crippen LogP contribution in [0.5, 0.6) is 0 Å². The molecule has 2 rings (SSSR count). The zero-order valence-electron chi connectivity index (χ0n) is 10.4. The molecule has 4 heteroatoms. The van der Waals surface area contributed by atoms with Gasteiger partial charge in [-0.3, -0.25) is 4.79 Å². The Kier molecular flexibility index (Phi) is 4.22. The number of halogens is 1. The average molecular weight is 319 g/mol. The van der Waals surface area contributed by atoms with Crippen LogP contribution in [0.3, 0.4) is 0 Å². The second-order valence-electron chi connectivity index (χ2n) is 4.43. The highest BCUT2D eigenvalue weighted by atomic mass is 79.9. The molecule has 0 amide bonds. The summed E-state index contributed by atoms with van der Waals surface area (Å²) in [5.74, 6) is 0.0997. The van der Waals surface area contributed by atoms with Crippen molar-refractivity contribution in [1.82, 2.24) is 0 Å². The molecule has 98 valence electrons. The van der Waals surface area contributed by atoms with Gasteiger partial charge >= 0.3 is 0 Å². The number of nitrogen functional groups attached to an aromatic ring is 2. The predicted octanol–water partition coefficient (Wildman–Crippen LogP) is 2.97. The fraction of sp³-hybridized carbons (Fsp3) is 0.133. The Bertz CT molecular complexity index is 611. The maximum atomic E-state index is 12.1. The van der Waals surface area contributed by atoms with Gasteiger partial charge in [0.05, 0.1) is 0 Å². The number of hydrogen-bond donors (Lipinski definition) is 2. The highest BCUT2D eigenvalue weighted by molar-refractivity contribution is 9.10. The summed E-state index contributed by atoms with van der Waals surface area (Å²) in [7, 11) is 0. The first-order valence-corrected chi connectivity index (χ1v) is 6.74. The third-order valence-electron chi connectivity index (χ3n) is 2.94. The van der Waals surface area contributed by atoms with E-state index in [1.165, 1.54) is 0 Å². The highest BCUT2D eigenvalue weighted by Crippen LogP contribution is 2.20. The smallest absolute Gasteiger partial charge is 0.141 e. The summed E-state index contributed by atoms with van der Waals surface area (Å²) in [4.78, 5) is 12.1. The predicted molar refractivity (Wildman–Crippen MR) is 81.8 cm³/mol. The molecule has 0 unspecified atom stereocenters. The molecule has 0 aliphatic rings. The molecular weight excluding hydrogens is 304 g/mol. The van der Waals surface area contributed by atoms with Gasteiger partial charge in [0.15, 0.2) is 0 Å². The largest absolute Gasteiger partial charge is 0.398 e. The van der Waals surface area contributed by atoms with Crippen LogP contribution >= 0.6 is 15.9 Å². The third kappa shape index (κ3) is 3.58. The van der Waals surface area contributed by atoms with E-state index in [1.807, 2.05) is 30.3 Å². The minimum absolute atomic E-state index is 0.0997. The Labute approximate surface area is 120 Å². The summed E-state index contributed by atoms with van der Waals surface area (Å²) < 4.78 is 0.920. The Morgan fingerprint density at radius 2 is 1.58 bits per heavy atom. The quantitative estimate of drug-likeness (QED) is 0.851. The van der Waals surface area contributed by atoms with Gasteiger partial charge < -0.3 is 11.5 Å². The van der Waals surface area contributed by atoms with E-state index in [0.29, 0.717) is 24.2 Å². The van der Waals surface area contributed by atoms with Crippen LogP contribution in [0.25, 0.3) is 0 Å². The van der Waals surface area contributed by atoms with Crippen LogP contribution in [0.2, 0.25) is 0 Å². The Morgan fingerprint density at radius 3 is 2.32 bits per heavy atom. The highest BCUT2D eigenvalue weighted by Gasteiger charge is 2.09. The van der Waals surface area contributed by atoms with E-state index in [2.05, 4.69) is 15.9 Å². The van der Waals surface area contributed by atoms with Crippen LogP contribution in [0.4, 0.5) is 11.4 Å². The van der Waals surface area contributed by atoms with Crippen molar-refractivity contribution in [2.24, 2.45) is 0 Å². The van der Waals surface area contributed by atoms with Gasteiger partial charge in [0.2, 0.25) is 0 Å². The van der Waals surface area contributed by atoms with Gasteiger partial charge in [0, 0.05) is 28.7 Å². The first-order valence-electron chi connectivity index (χ1n) is 5.95. The Hall–Kier alpha value is -1.81. The molecule has 3 nitrogen and oxygen atoms in total. The lowest BCUT2D eigenvalue weighted by atomic mass is 10.0. The van der Waals surface area contributed by atoms with Gasteiger partial charge in [-0.15, -0.1) is 0 Å². The standard InChI is InChI=1S/C15H15BrN2O/c16-12-5-6-15(18)11(7-12)9-13(19)8-10-3-1-2-4-14(10)17/h1-7H,8-9,17-18H2. The van der Waals surface area contributed by atoms with Gasteiger partial charge in [-0.25, -0.2) is 0 Å². The van der Waals surface area contributed by atoms with Crippen LogP contribution in [-0.2, 0) is 17.6 Å². The minimum atomic E-state index is 0.0997. The second-order valence-corrected chi connectivity index (χ2v) is 5.35. The lowest BCUT2D eigenvalue weighted by molar-refractivity contribution is -0.117. The first-order chi connectivity index (χ1) is 9.06. The van der Waals surface area contributed by atoms with Crippen molar-refractivity contribution < 1.29 is 4.79 Å². The van der Waals surface area contributed by atoms with Crippen molar-refractivity contribution in [3.05, 3.63) is 58.1 Å². The summed E-state index contributed by atoms with van der Waals surface area (Å²) in [5, 5.41) is 0. The zero-order valence-corrected chi connectivity index (χ0v) is 12.0. The molecule has 0 spiro atoms. The molecule has 0 heterocycles. The summed E-state index contributed by atoms with van der Waals surface area (Å²) in [6.45, 7) is 0. The van der Waals surface area contributed by atoms with Crippen molar-refractivity contribution in [2.45, 2.75) is 12.8 Å². The van der Waals surface area contributed by atoms with Gasteiger partial charge in [-0.05, 0) is 35.4 Å². The van der Waals surface area contributed by atoms with E-state index >= 15 is 0 Å². The molecule has 0 bridgehead atoms. The number of hydrogen-bond acceptors (Lipinski definition) is 3. The van der Waals surface area contributed by atoms with Gasteiger partial charge in [0.1, 0.15) is 5.78 Å². The molecule has 0 atom stereocenters. The maximum Gasteiger partial charge on any atom is 0.141 e. The lowest BCUT2D eigenvalue weighted by Crippen LogP contribution is -2.09. The molecule has 0 saturated heterocycles. The van der Waals surface area contributed by atoms with Crippen molar-refractivity contribution >= 4 is 33.1 Å². The summed E-state index contributed by atoms with van der Waals surface area (Å²) in [6.07, 6.45) is 0.651. The number of nitrogens with two attached hydrogens (primary N) is 2. The van der Waals surface area contributed by atoms with Crippen LogP contribution in [0.1, 0.15) is 11.1 Å². The number of carbonyl (C=O) groups is 1. The maximum absolute atomic E-state index is 12.1. The van der Waals surface area contributed by atoms with E-state index in [-0.39, 0.29) is 5.78 Å². The van der Waals surface area contributed by atoms with Gasteiger partial charge in [-0.1, -0.05) is 34.1 Å². The summed E-state index contributed by atoms with van der Waals surface area (Å²) >= 11 is 3.38. The van der Waals surface area contributed by atoms with Crippen molar-refractivity contribution in [3.63, 3.8) is 0 Å². The van der Waals surface area contributed by atoms with Crippen molar-refractivity contribution in [1.29, 1.82) is 0 Å². The molecule has 19 heavy (non-hydrogen) atoms. The Balaban J connectivity index is 2.10. The van der Waals surface area contributed by atoms with E-state index in [1.54, 1.807) is 12.1 Å². The van der Waals surface area contributed by atoms with Crippen molar-refractivity contribution in [2.75, 3.05) is 11.5 Å². The normalized spacial score (nSPS) is 10.4. The summed E-state index contributed by atoms with van der Waals surface area (Å²) in [6, 6.07) is 12.9. The fourth-order valence-corrected chi connectivity index (χ4v) is 2.32. The molecule has 0 aliphatic heterocycles. The average Bonchev–Trinajstić information content (AvgIpc) is 2.37. The fourth-order valence-electron chi connectivity index (χ4n) is 1.91. The van der Waals surface area contributed by atoms with E-state index in [9.17, 15) is 4.79 Å². The number of rotatable bonds is 4. The molecular formula is C15H15BrN2O. The zero-order chi connectivity index (χ0) is 13.8. The van der Waals surface area contributed by atoms with Gasteiger partial charge in [-0.2, -0.15) is 0 Å². The topological polar surface area (TPSA) is 69.1 Å². The van der Waals surface area contributed by atoms with Crippen LogP contribution < -0.4 is 11.5 Å². The van der Waals surface area contributed by atoms with Crippen LogP contribution in [-0.4, -0.2) is 5.78 Å². The third-order valence-corrected chi connectivity index (χ3v) is 3.43. The minimum Gasteiger partial charge on any atom is -0.398 e. The summed E-state index contributed by atoms with van der Waals surface area (Å²) in [5.41, 5.74) is 14.7. The number of para-hydroxylation sites is 1. The number of anilines is 2. The second kappa shape index (κ2) is 5.89. The molecule has 0 aromatic heterocycles. The molecule has 4 N–H and O–H groups in total. The molecule has 0 aliphatic carbocycles. The van der Waals surface area contributed by atoms with Crippen LogP contribution in [0.15, 0.2) is 46.9 Å². The van der Waals surface area contributed by atoms with E-state index in [4.69, 9.17) is 11.5 Å². The van der Waals surface area contributed by atoms with Crippen molar-refractivity contribution in [3.8, 4) is 0 Å². The molecule has 2 aromatic rings. The molecule has 2 aromatic carbocycles. The molecule has 0 fully saturated rings.